The summed E-state index contributed by atoms with van der Waals surface area (Å²) in [5.41, 5.74) is -0.867. The summed E-state index contributed by atoms with van der Waals surface area (Å²) in [5.74, 6) is -0.641. The molecule has 0 heterocycles. The van der Waals surface area contributed by atoms with E-state index in [1.807, 2.05) is 6.07 Å². The highest BCUT2D eigenvalue weighted by molar-refractivity contribution is 6.35. The third kappa shape index (κ3) is 4.62. The van der Waals surface area contributed by atoms with Gasteiger partial charge in [0.25, 0.3) is 5.91 Å². The lowest BCUT2D eigenvalue weighted by atomic mass is 9.93. The van der Waals surface area contributed by atoms with Crippen LogP contribution in [0.15, 0.2) is 42.5 Å². The van der Waals surface area contributed by atoms with Crippen molar-refractivity contribution in [1.82, 2.24) is 5.32 Å². The number of benzene rings is 2. The van der Waals surface area contributed by atoms with E-state index in [2.05, 4.69) is 5.32 Å². The first-order valence-corrected chi connectivity index (χ1v) is 8.12. The van der Waals surface area contributed by atoms with Gasteiger partial charge in [0.1, 0.15) is 17.1 Å². The van der Waals surface area contributed by atoms with Crippen LogP contribution in [0.1, 0.15) is 19.4 Å². The number of carbonyl (C=O) groups is 1. The highest BCUT2D eigenvalue weighted by Crippen LogP contribution is 2.28. The van der Waals surface area contributed by atoms with Gasteiger partial charge in [0.05, 0.1) is 11.1 Å². The fraction of sp³-hybridized carbons (Fsp3) is 0.222. The molecule has 0 aliphatic heterocycles. The van der Waals surface area contributed by atoms with E-state index in [4.69, 9.17) is 27.9 Å². The maximum atomic E-state index is 13.1. The SMILES string of the molecule is CC(Oc1ccc(Cl)cc1Cl)C(=O)NC(C)(C#N)c1ccc(F)cc1. The molecule has 2 atom stereocenters. The number of rotatable bonds is 5. The van der Waals surface area contributed by atoms with Gasteiger partial charge in [0, 0.05) is 5.02 Å². The third-order valence-corrected chi connectivity index (χ3v) is 4.12. The third-order valence-electron chi connectivity index (χ3n) is 3.59. The smallest absolute Gasteiger partial charge is 0.262 e. The molecule has 0 aliphatic rings. The summed E-state index contributed by atoms with van der Waals surface area (Å²) in [6.07, 6.45) is -0.910. The van der Waals surface area contributed by atoms with Crippen LogP contribution in [0.4, 0.5) is 4.39 Å². The Morgan fingerprint density at radius 2 is 1.92 bits per heavy atom. The van der Waals surface area contributed by atoms with E-state index in [9.17, 15) is 14.4 Å². The summed E-state index contributed by atoms with van der Waals surface area (Å²) in [5, 5.41) is 12.8. The Morgan fingerprint density at radius 1 is 1.28 bits per heavy atom. The van der Waals surface area contributed by atoms with E-state index in [1.165, 1.54) is 44.2 Å². The molecule has 0 fully saturated rings. The molecule has 2 aromatic rings. The van der Waals surface area contributed by atoms with Gasteiger partial charge in [-0.05, 0) is 49.7 Å². The van der Waals surface area contributed by atoms with Crippen LogP contribution in [0.5, 0.6) is 5.75 Å². The van der Waals surface area contributed by atoms with Crippen molar-refractivity contribution in [2.75, 3.05) is 0 Å². The summed E-state index contributed by atoms with van der Waals surface area (Å²) >= 11 is 11.8. The van der Waals surface area contributed by atoms with Gasteiger partial charge in [-0.1, -0.05) is 35.3 Å². The number of nitriles is 1. The Hall–Kier alpha value is -2.29. The van der Waals surface area contributed by atoms with Crippen LogP contribution in [0, 0.1) is 17.1 Å². The zero-order chi connectivity index (χ0) is 18.6. The monoisotopic (exact) mass is 380 g/mol. The molecule has 2 unspecified atom stereocenters. The first-order valence-electron chi connectivity index (χ1n) is 7.36. The molecule has 1 N–H and O–H groups in total. The zero-order valence-electron chi connectivity index (χ0n) is 13.5. The summed E-state index contributed by atoms with van der Waals surface area (Å²) in [7, 11) is 0. The first-order chi connectivity index (χ1) is 11.7. The summed E-state index contributed by atoms with van der Waals surface area (Å²) < 4.78 is 18.6. The van der Waals surface area contributed by atoms with Crippen molar-refractivity contribution in [2.24, 2.45) is 0 Å². The molecule has 0 spiro atoms. The van der Waals surface area contributed by atoms with Gasteiger partial charge in [0.15, 0.2) is 6.10 Å². The van der Waals surface area contributed by atoms with Gasteiger partial charge < -0.3 is 10.1 Å². The summed E-state index contributed by atoms with van der Waals surface area (Å²) in [4.78, 5) is 12.4. The van der Waals surface area contributed by atoms with E-state index >= 15 is 0 Å². The van der Waals surface area contributed by atoms with Crippen LogP contribution in [0.2, 0.25) is 10.0 Å². The van der Waals surface area contributed by atoms with Crippen LogP contribution in [-0.2, 0) is 10.3 Å². The minimum atomic E-state index is -1.33. The Morgan fingerprint density at radius 3 is 2.48 bits per heavy atom. The van der Waals surface area contributed by atoms with Gasteiger partial charge in [-0.15, -0.1) is 0 Å². The van der Waals surface area contributed by atoms with Gasteiger partial charge in [-0.3, -0.25) is 4.79 Å². The van der Waals surface area contributed by atoms with Crippen molar-refractivity contribution >= 4 is 29.1 Å². The minimum absolute atomic E-state index is 0.272. The molecule has 0 saturated heterocycles. The zero-order valence-corrected chi connectivity index (χ0v) is 15.0. The van der Waals surface area contributed by atoms with Gasteiger partial charge in [-0.25, -0.2) is 4.39 Å². The largest absolute Gasteiger partial charge is 0.479 e. The molecule has 0 aromatic heterocycles. The van der Waals surface area contributed by atoms with Crippen molar-refractivity contribution < 1.29 is 13.9 Å². The van der Waals surface area contributed by atoms with Crippen molar-refractivity contribution in [3.05, 3.63) is 63.9 Å². The predicted molar refractivity (Wildman–Crippen MR) is 94.1 cm³/mol. The molecule has 7 heteroatoms. The lowest BCUT2D eigenvalue weighted by Crippen LogP contribution is -2.47. The van der Waals surface area contributed by atoms with Crippen LogP contribution in [-0.4, -0.2) is 12.0 Å². The van der Waals surface area contributed by atoms with Gasteiger partial charge in [-0.2, -0.15) is 5.26 Å². The highest BCUT2D eigenvalue weighted by atomic mass is 35.5. The maximum Gasteiger partial charge on any atom is 0.262 e. The molecule has 2 rings (SSSR count). The van der Waals surface area contributed by atoms with Crippen molar-refractivity contribution in [3.63, 3.8) is 0 Å². The second-order valence-corrected chi connectivity index (χ2v) is 6.41. The van der Waals surface area contributed by atoms with Gasteiger partial charge in [0.2, 0.25) is 0 Å². The number of carbonyl (C=O) groups excluding carboxylic acids is 1. The lowest BCUT2D eigenvalue weighted by molar-refractivity contribution is -0.128. The minimum Gasteiger partial charge on any atom is -0.479 e. The molecule has 0 radical (unpaired) electrons. The Balaban J connectivity index is 2.13. The second kappa shape index (κ2) is 7.73. The van der Waals surface area contributed by atoms with Crippen LogP contribution < -0.4 is 10.1 Å². The van der Waals surface area contributed by atoms with E-state index < -0.39 is 23.4 Å². The number of hydrogen-bond acceptors (Lipinski definition) is 3. The fourth-order valence-electron chi connectivity index (χ4n) is 2.11. The predicted octanol–water partition coefficient (Wildman–Crippen LogP) is 4.45. The molecule has 2 aromatic carbocycles. The van der Waals surface area contributed by atoms with Crippen LogP contribution in [0.3, 0.4) is 0 Å². The highest BCUT2D eigenvalue weighted by Gasteiger charge is 2.31. The number of halogens is 3. The number of hydrogen-bond donors (Lipinski definition) is 1. The Labute approximate surface area is 155 Å². The summed E-state index contributed by atoms with van der Waals surface area (Å²) in [6.45, 7) is 3.06. The van der Waals surface area contributed by atoms with E-state index in [1.54, 1.807) is 12.1 Å². The number of nitrogens with one attached hydrogen (secondary N) is 1. The number of ether oxygens (including phenoxy) is 1. The second-order valence-electron chi connectivity index (χ2n) is 5.57. The first kappa shape index (κ1) is 19.0. The van der Waals surface area contributed by atoms with Crippen molar-refractivity contribution in [3.8, 4) is 11.8 Å². The summed E-state index contributed by atoms with van der Waals surface area (Å²) in [6, 6.07) is 12.0. The van der Waals surface area contributed by atoms with Gasteiger partial charge >= 0.3 is 0 Å². The lowest BCUT2D eigenvalue weighted by Gasteiger charge is -2.26. The van der Waals surface area contributed by atoms with Crippen molar-refractivity contribution in [1.29, 1.82) is 5.26 Å². The average Bonchev–Trinajstić information content (AvgIpc) is 2.57. The van der Waals surface area contributed by atoms with Crippen LogP contribution >= 0.6 is 23.2 Å². The molecular weight excluding hydrogens is 366 g/mol. The molecule has 25 heavy (non-hydrogen) atoms. The topological polar surface area (TPSA) is 62.1 Å². The normalized spacial score (nSPS) is 14.1. The average molecular weight is 381 g/mol. The van der Waals surface area contributed by atoms with Crippen LogP contribution in [0.25, 0.3) is 0 Å². The molecule has 4 nitrogen and oxygen atoms in total. The molecule has 130 valence electrons. The Kier molecular flexibility index (Phi) is 5.89. The standard InChI is InChI=1S/C18H15Cl2FN2O2/c1-11(25-16-8-5-13(19)9-15(16)20)17(24)23-18(2,10-22)12-3-6-14(21)7-4-12/h3-9,11H,1-2H3,(H,23,24). The molecule has 1 amide bonds. The molecule has 0 saturated carbocycles. The molecule has 0 bridgehead atoms. The van der Waals surface area contributed by atoms with E-state index in [0.29, 0.717) is 16.3 Å². The fourth-order valence-corrected chi connectivity index (χ4v) is 2.56. The quantitative estimate of drug-likeness (QED) is 0.832. The number of nitrogens with zero attached hydrogens (tertiary/aromatic N) is 1. The van der Waals surface area contributed by atoms with E-state index in [-0.39, 0.29) is 5.02 Å². The molecular formula is C18H15Cl2FN2O2. The maximum absolute atomic E-state index is 13.1. The Bertz CT molecular complexity index is 821. The molecule has 0 aliphatic carbocycles. The van der Waals surface area contributed by atoms with Crippen molar-refractivity contribution in [2.45, 2.75) is 25.5 Å². The van der Waals surface area contributed by atoms with E-state index in [0.717, 1.165) is 0 Å². The number of amides is 1.